The van der Waals surface area contributed by atoms with Crippen LogP contribution in [0.15, 0.2) is 30.9 Å². The molecule has 0 amide bonds. The van der Waals surface area contributed by atoms with E-state index in [2.05, 4.69) is 6.58 Å². The van der Waals surface area contributed by atoms with Crippen LogP contribution in [0.5, 0.6) is 11.5 Å². The molecule has 0 aliphatic heterocycles. The minimum Gasteiger partial charge on any atom is -0.493 e. The lowest BCUT2D eigenvalue weighted by Gasteiger charge is -2.09. The second-order valence-electron chi connectivity index (χ2n) is 2.75. The average molecular weight is 210 g/mol. The Morgan fingerprint density at radius 1 is 1.27 bits per heavy atom. The fourth-order valence-corrected chi connectivity index (χ4v) is 1.04. The highest BCUT2D eigenvalue weighted by Crippen LogP contribution is 2.27. The SMILES string of the molecule is C.C.C=CCOc1ccc(C)cc1OC. The predicted octanol–water partition coefficient (Wildman–Crippen LogP) is 3.84. The van der Waals surface area contributed by atoms with Crippen molar-refractivity contribution in [3.05, 3.63) is 36.4 Å². The number of ether oxygens (including phenoxy) is 2. The minimum atomic E-state index is 0. The van der Waals surface area contributed by atoms with Gasteiger partial charge in [0.1, 0.15) is 6.61 Å². The molecule has 0 aromatic heterocycles. The van der Waals surface area contributed by atoms with Gasteiger partial charge in [0, 0.05) is 0 Å². The standard InChI is InChI=1S/C11H14O2.2CH4/c1-4-7-13-10-6-5-9(2)8-11(10)12-3;;/h4-6,8H,1,7H2,2-3H3;2*1H4. The van der Waals surface area contributed by atoms with Crippen LogP contribution in [0.1, 0.15) is 20.4 Å². The van der Waals surface area contributed by atoms with E-state index < -0.39 is 0 Å². The van der Waals surface area contributed by atoms with E-state index in [0.29, 0.717) is 6.61 Å². The quantitative estimate of drug-likeness (QED) is 0.703. The normalized spacial score (nSPS) is 8.13. The zero-order valence-electron chi connectivity index (χ0n) is 8.04. The fraction of sp³-hybridized carbons (Fsp3) is 0.385. The van der Waals surface area contributed by atoms with Crippen molar-refractivity contribution in [3.8, 4) is 11.5 Å². The molecule has 0 N–H and O–H groups in total. The Morgan fingerprint density at radius 2 is 1.93 bits per heavy atom. The molecule has 1 aromatic rings. The summed E-state index contributed by atoms with van der Waals surface area (Å²) >= 11 is 0. The molecule has 0 aliphatic rings. The van der Waals surface area contributed by atoms with Crippen molar-refractivity contribution in [1.29, 1.82) is 0 Å². The predicted molar refractivity (Wildman–Crippen MR) is 66.9 cm³/mol. The number of hydrogen-bond donors (Lipinski definition) is 0. The lowest BCUT2D eigenvalue weighted by molar-refractivity contribution is 0.326. The molecule has 0 radical (unpaired) electrons. The number of aryl methyl sites for hydroxylation is 1. The van der Waals surface area contributed by atoms with E-state index in [1.54, 1.807) is 13.2 Å². The number of hydrogen-bond acceptors (Lipinski definition) is 2. The van der Waals surface area contributed by atoms with Gasteiger partial charge in [0.05, 0.1) is 7.11 Å². The topological polar surface area (TPSA) is 18.5 Å². The molecule has 0 saturated heterocycles. The van der Waals surface area contributed by atoms with Crippen molar-refractivity contribution in [2.75, 3.05) is 13.7 Å². The van der Waals surface area contributed by atoms with Gasteiger partial charge in [-0.2, -0.15) is 0 Å². The second-order valence-corrected chi connectivity index (χ2v) is 2.75. The maximum atomic E-state index is 5.39. The fourth-order valence-electron chi connectivity index (χ4n) is 1.04. The molecular formula is C13H22O2. The maximum Gasteiger partial charge on any atom is 0.161 e. The van der Waals surface area contributed by atoms with E-state index in [-0.39, 0.29) is 14.9 Å². The van der Waals surface area contributed by atoms with E-state index >= 15 is 0 Å². The molecule has 0 spiro atoms. The number of rotatable bonds is 4. The molecular weight excluding hydrogens is 188 g/mol. The Kier molecular flexibility index (Phi) is 8.45. The van der Waals surface area contributed by atoms with Gasteiger partial charge in [0.25, 0.3) is 0 Å². The number of methoxy groups -OCH3 is 1. The largest absolute Gasteiger partial charge is 0.493 e. The molecule has 0 fully saturated rings. The van der Waals surface area contributed by atoms with E-state index in [4.69, 9.17) is 9.47 Å². The summed E-state index contributed by atoms with van der Waals surface area (Å²) in [6, 6.07) is 5.83. The molecule has 0 heterocycles. The van der Waals surface area contributed by atoms with Crippen molar-refractivity contribution in [2.45, 2.75) is 21.8 Å². The summed E-state index contributed by atoms with van der Waals surface area (Å²) in [7, 11) is 1.63. The van der Waals surface area contributed by atoms with Gasteiger partial charge in [0.15, 0.2) is 11.5 Å². The van der Waals surface area contributed by atoms with Crippen LogP contribution in [0.3, 0.4) is 0 Å². The van der Waals surface area contributed by atoms with Crippen molar-refractivity contribution in [3.63, 3.8) is 0 Å². The summed E-state index contributed by atoms with van der Waals surface area (Å²) in [6.07, 6.45) is 1.71. The van der Waals surface area contributed by atoms with Crippen LogP contribution >= 0.6 is 0 Å². The van der Waals surface area contributed by atoms with Gasteiger partial charge in [-0.1, -0.05) is 33.6 Å². The van der Waals surface area contributed by atoms with E-state index in [0.717, 1.165) is 17.1 Å². The maximum absolute atomic E-state index is 5.39. The van der Waals surface area contributed by atoms with Crippen LogP contribution in [0.2, 0.25) is 0 Å². The zero-order chi connectivity index (χ0) is 9.68. The molecule has 0 bridgehead atoms. The first-order chi connectivity index (χ1) is 6.27. The summed E-state index contributed by atoms with van der Waals surface area (Å²) in [5.74, 6) is 1.52. The van der Waals surface area contributed by atoms with Gasteiger partial charge < -0.3 is 9.47 Å². The summed E-state index contributed by atoms with van der Waals surface area (Å²) in [5.41, 5.74) is 1.16. The monoisotopic (exact) mass is 210 g/mol. The van der Waals surface area contributed by atoms with Crippen LogP contribution in [0.4, 0.5) is 0 Å². The molecule has 1 aromatic carbocycles. The highest BCUT2D eigenvalue weighted by molar-refractivity contribution is 5.42. The van der Waals surface area contributed by atoms with Crippen LogP contribution in [-0.4, -0.2) is 13.7 Å². The average Bonchev–Trinajstić information content (AvgIpc) is 2.16. The van der Waals surface area contributed by atoms with Crippen molar-refractivity contribution in [2.24, 2.45) is 0 Å². The van der Waals surface area contributed by atoms with Gasteiger partial charge in [-0.15, -0.1) is 0 Å². The molecule has 86 valence electrons. The molecule has 15 heavy (non-hydrogen) atoms. The minimum absolute atomic E-state index is 0. The Balaban J connectivity index is 0. The van der Waals surface area contributed by atoms with E-state index in [1.165, 1.54) is 0 Å². The van der Waals surface area contributed by atoms with Gasteiger partial charge in [-0.25, -0.2) is 0 Å². The third-order valence-electron chi connectivity index (χ3n) is 1.68. The molecule has 0 saturated carbocycles. The van der Waals surface area contributed by atoms with Crippen LogP contribution in [-0.2, 0) is 0 Å². The van der Waals surface area contributed by atoms with Gasteiger partial charge in [0.2, 0.25) is 0 Å². The molecule has 0 unspecified atom stereocenters. The van der Waals surface area contributed by atoms with Crippen LogP contribution in [0, 0.1) is 6.92 Å². The van der Waals surface area contributed by atoms with Crippen LogP contribution < -0.4 is 9.47 Å². The summed E-state index contributed by atoms with van der Waals surface area (Å²) in [6.45, 7) is 6.10. The smallest absolute Gasteiger partial charge is 0.161 e. The first-order valence-corrected chi connectivity index (χ1v) is 4.16. The molecule has 1 rings (SSSR count). The molecule has 0 aliphatic carbocycles. The molecule has 2 heteroatoms. The van der Waals surface area contributed by atoms with Gasteiger partial charge in [-0.3, -0.25) is 0 Å². The second kappa shape index (κ2) is 7.92. The Labute approximate surface area is 93.5 Å². The third-order valence-corrected chi connectivity index (χ3v) is 1.68. The Bertz CT molecular complexity index is 293. The van der Waals surface area contributed by atoms with Crippen molar-refractivity contribution < 1.29 is 9.47 Å². The highest BCUT2D eigenvalue weighted by Gasteiger charge is 2.02. The van der Waals surface area contributed by atoms with Gasteiger partial charge >= 0.3 is 0 Å². The van der Waals surface area contributed by atoms with E-state index in [9.17, 15) is 0 Å². The zero-order valence-corrected chi connectivity index (χ0v) is 8.04. The molecule has 0 atom stereocenters. The van der Waals surface area contributed by atoms with E-state index in [1.807, 2.05) is 25.1 Å². The summed E-state index contributed by atoms with van der Waals surface area (Å²) < 4.78 is 10.6. The third kappa shape index (κ3) is 4.54. The summed E-state index contributed by atoms with van der Waals surface area (Å²) in [4.78, 5) is 0. The summed E-state index contributed by atoms with van der Waals surface area (Å²) in [5, 5.41) is 0. The van der Waals surface area contributed by atoms with Crippen molar-refractivity contribution >= 4 is 0 Å². The molecule has 2 nitrogen and oxygen atoms in total. The first kappa shape index (κ1) is 16.0. The van der Waals surface area contributed by atoms with Crippen LogP contribution in [0.25, 0.3) is 0 Å². The lowest BCUT2D eigenvalue weighted by atomic mass is 10.2. The van der Waals surface area contributed by atoms with Crippen molar-refractivity contribution in [1.82, 2.24) is 0 Å². The first-order valence-electron chi connectivity index (χ1n) is 4.16. The highest BCUT2D eigenvalue weighted by atomic mass is 16.5. The Morgan fingerprint density at radius 3 is 2.47 bits per heavy atom. The number of benzene rings is 1. The van der Waals surface area contributed by atoms with Gasteiger partial charge in [-0.05, 0) is 24.6 Å². The lowest BCUT2D eigenvalue weighted by Crippen LogP contribution is -1.96. The Hall–Kier alpha value is -1.44.